The number of aliphatic hydroxyl groups is 1. The molecule has 0 bridgehead atoms. The molecule has 280 valence electrons. The summed E-state index contributed by atoms with van der Waals surface area (Å²) in [5.74, 6) is 2.51. The minimum atomic E-state index is -0.309. The van der Waals surface area contributed by atoms with Gasteiger partial charge < -0.3 is 19.3 Å². The zero-order valence-electron chi connectivity index (χ0n) is 29.6. The molecule has 2 aliphatic rings. The molecule has 1 N–H and O–H groups in total. The van der Waals surface area contributed by atoms with Crippen LogP contribution < -0.4 is 9.47 Å². The number of hydrogen-bond acceptors (Lipinski definition) is 6. The first-order chi connectivity index (χ1) is 25.1. The molecule has 53 heavy (non-hydrogen) atoms. The van der Waals surface area contributed by atoms with Crippen molar-refractivity contribution in [2.75, 3.05) is 0 Å². The fraction of sp³-hybridized carbons (Fsp3) is 0.286. The maximum Gasteiger partial charge on any atom is 0.310 e. The second-order valence-corrected chi connectivity index (χ2v) is 16.1. The number of para-hydroxylation sites is 2. The summed E-state index contributed by atoms with van der Waals surface area (Å²) in [7, 11) is 0. The van der Waals surface area contributed by atoms with Crippen molar-refractivity contribution in [1.29, 1.82) is 0 Å². The predicted octanol–water partition coefficient (Wildman–Crippen LogP) is 12.4. The van der Waals surface area contributed by atoms with Crippen LogP contribution in [0.4, 0.5) is 0 Å². The van der Waals surface area contributed by atoms with E-state index in [1.54, 1.807) is 12.2 Å². The molecule has 0 spiro atoms. The molecule has 0 heterocycles. The Bertz CT molecular complexity index is 1890. The van der Waals surface area contributed by atoms with E-state index in [2.05, 4.69) is 0 Å². The second kappa shape index (κ2) is 19.2. The summed E-state index contributed by atoms with van der Waals surface area (Å²) in [5.41, 5.74) is 1.44. The zero-order valence-corrected chi connectivity index (χ0v) is 33.4. The molecule has 2 fully saturated rings. The maximum absolute atomic E-state index is 12.4. The molecule has 4 aromatic carbocycles. The number of hydrogen-bond donors (Lipinski definition) is 1. The minimum Gasteiger partial charge on any atom is -0.461 e. The van der Waals surface area contributed by atoms with Gasteiger partial charge in [-0.25, -0.2) is 0 Å². The smallest absolute Gasteiger partial charge is 0.310 e. The number of carbonyl (C=O) groups is 2. The molecule has 11 heteroatoms. The molecule has 0 aromatic heterocycles. The Balaban J connectivity index is 0.000000196. The molecule has 4 atom stereocenters. The largest absolute Gasteiger partial charge is 0.461 e. The molecule has 6 nitrogen and oxygen atoms in total. The SMILES string of the molecule is CC1(C)C(C=C(Cl)Cl)C1C(=O)Cl.CC1(C)C(C=C(Cl)Cl)C1C(=O)OCc1cccc(Oc2ccccc2)c1.OCc1cccc(Oc2ccccc2)c1. The van der Waals surface area contributed by atoms with Gasteiger partial charge in [0.1, 0.15) is 38.6 Å². The van der Waals surface area contributed by atoms with Gasteiger partial charge in [-0.3, -0.25) is 9.59 Å². The number of carbonyl (C=O) groups excluding carboxylic acids is 2. The first kappa shape index (κ1) is 42.3. The van der Waals surface area contributed by atoms with Crippen LogP contribution in [0.5, 0.6) is 23.0 Å². The lowest BCUT2D eigenvalue weighted by Crippen LogP contribution is -2.10. The van der Waals surface area contributed by atoms with Crippen molar-refractivity contribution in [3.05, 3.63) is 141 Å². The molecule has 4 aromatic rings. The highest BCUT2D eigenvalue weighted by atomic mass is 35.5. The van der Waals surface area contributed by atoms with E-state index in [9.17, 15) is 9.59 Å². The number of ether oxygens (including phenoxy) is 3. The van der Waals surface area contributed by atoms with Crippen LogP contribution in [-0.4, -0.2) is 16.3 Å². The second-order valence-electron chi connectivity index (χ2n) is 13.8. The van der Waals surface area contributed by atoms with Crippen molar-refractivity contribution < 1.29 is 28.9 Å². The van der Waals surface area contributed by atoms with E-state index < -0.39 is 0 Å². The van der Waals surface area contributed by atoms with Crippen molar-refractivity contribution in [2.45, 2.75) is 40.9 Å². The predicted molar refractivity (Wildman–Crippen MR) is 214 cm³/mol. The van der Waals surface area contributed by atoms with Gasteiger partial charge >= 0.3 is 5.97 Å². The van der Waals surface area contributed by atoms with Gasteiger partial charge in [0.2, 0.25) is 5.24 Å². The van der Waals surface area contributed by atoms with Crippen LogP contribution >= 0.6 is 58.0 Å². The van der Waals surface area contributed by atoms with Crippen molar-refractivity contribution in [3.63, 3.8) is 0 Å². The van der Waals surface area contributed by atoms with E-state index in [0.29, 0.717) is 5.75 Å². The Labute approximate surface area is 336 Å². The van der Waals surface area contributed by atoms with Crippen molar-refractivity contribution >= 4 is 69.2 Å². The molecule has 6 rings (SSSR count). The van der Waals surface area contributed by atoms with Crippen molar-refractivity contribution in [2.24, 2.45) is 34.5 Å². The van der Waals surface area contributed by atoms with Gasteiger partial charge in [-0.1, -0.05) is 135 Å². The molecule has 2 saturated carbocycles. The quantitative estimate of drug-likeness (QED) is 0.120. The van der Waals surface area contributed by atoms with E-state index in [1.807, 2.05) is 137 Å². The van der Waals surface area contributed by atoms with Gasteiger partial charge in [-0.05, 0) is 106 Å². The highest BCUT2D eigenvalue weighted by Gasteiger charge is 2.62. The topological polar surface area (TPSA) is 82.1 Å². The fourth-order valence-electron chi connectivity index (χ4n) is 6.03. The minimum absolute atomic E-state index is 0.00717. The average Bonchev–Trinajstić information content (AvgIpc) is 3.88. The van der Waals surface area contributed by atoms with Gasteiger partial charge in [0.25, 0.3) is 0 Å². The lowest BCUT2D eigenvalue weighted by molar-refractivity contribution is -0.147. The molecule has 4 unspecified atom stereocenters. The molecule has 0 amide bonds. The van der Waals surface area contributed by atoms with Gasteiger partial charge in [0, 0.05) is 5.92 Å². The molecular weight excluding hydrogens is 778 g/mol. The Morgan fingerprint density at radius 3 is 1.45 bits per heavy atom. The van der Waals surface area contributed by atoms with E-state index in [0.717, 1.165) is 28.4 Å². The number of halogens is 5. The molecule has 0 saturated heterocycles. The van der Waals surface area contributed by atoms with Crippen LogP contribution in [0.3, 0.4) is 0 Å². The Morgan fingerprint density at radius 2 is 1.02 bits per heavy atom. The monoisotopic (exact) mass is 816 g/mol. The first-order valence-corrected chi connectivity index (χ1v) is 18.7. The summed E-state index contributed by atoms with van der Waals surface area (Å²) in [6.07, 6.45) is 3.39. The summed E-state index contributed by atoms with van der Waals surface area (Å²) >= 11 is 27.8. The summed E-state index contributed by atoms with van der Waals surface area (Å²) in [6.45, 7) is 8.18. The Morgan fingerprint density at radius 1 is 0.604 bits per heavy atom. The lowest BCUT2D eigenvalue weighted by Gasteiger charge is -2.09. The summed E-state index contributed by atoms with van der Waals surface area (Å²) < 4.78 is 17.3. The number of allylic oxidation sites excluding steroid dienone is 2. The fourth-order valence-corrected chi connectivity index (χ4v) is 6.99. The summed E-state index contributed by atoms with van der Waals surface area (Å²) in [4.78, 5) is 23.3. The van der Waals surface area contributed by atoms with Gasteiger partial charge in [0.05, 0.1) is 12.5 Å². The van der Waals surface area contributed by atoms with E-state index in [4.69, 9.17) is 77.3 Å². The maximum atomic E-state index is 12.4. The number of esters is 1. The third-order valence-corrected chi connectivity index (χ3v) is 9.99. The van der Waals surface area contributed by atoms with Crippen LogP contribution in [0.25, 0.3) is 0 Å². The van der Waals surface area contributed by atoms with Gasteiger partial charge in [-0.15, -0.1) is 0 Å². The molecular formula is C42H41Cl5O6. The zero-order chi connectivity index (χ0) is 38.8. The Hall–Kier alpha value is -3.49. The lowest BCUT2D eigenvalue weighted by atomic mass is 10.1. The van der Waals surface area contributed by atoms with Crippen LogP contribution in [0, 0.1) is 34.5 Å². The highest BCUT2D eigenvalue weighted by molar-refractivity contribution is 6.64. The molecule has 2 aliphatic carbocycles. The van der Waals surface area contributed by atoms with Crippen LogP contribution in [0.2, 0.25) is 0 Å². The van der Waals surface area contributed by atoms with Gasteiger partial charge in [0.15, 0.2) is 0 Å². The normalized spacial score (nSPS) is 19.7. The summed E-state index contributed by atoms with van der Waals surface area (Å²) in [6, 6.07) is 34.0. The average molecular weight is 819 g/mol. The van der Waals surface area contributed by atoms with Crippen LogP contribution in [-0.2, 0) is 27.5 Å². The standard InChI is InChI=1S/C21H20Cl2O3.C13H12O2.C8H9Cl3O/c1-21(2)17(12-18(22)23)19(21)20(24)25-13-14-7-6-10-16(11-14)26-15-8-4-3-5-9-15;14-10-11-5-4-8-13(9-11)15-12-6-2-1-3-7-12;1-8(2)4(3-5(9)10)6(8)7(11)12/h3-12,17,19H,13H2,1-2H3;1-9,14H,10H2;3-4,6H,1-2H3. The van der Waals surface area contributed by atoms with Gasteiger partial charge in [-0.2, -0.15) is 0 Å². The van der Waals surface area contributed by atoms with E-state index in [1.165, 1.54) is 0 Å². The van der Waals surface area contributed by atoms with E-state index in [-0.39, 0.29) is 67.9 Å². The van der Waals surface area contributed by atoms with E-state index >= 15 is 0 Å². The number of aliphatic hydroxyl groups excluding tert-OH is 1. The molecule has 0 radical (unpaired) electrons. The van der Waals surface area contributed by atoms with Crippen molar-refractivity contribution in [1.82, 2.24) is 0 Å². The first-order valence-electron chi connectivity index (χ1n) is 16.8. The van der Waals surface area contributed by atoms with Crippen LogP contribution in [0.15, 0.2) is 130 Å². The summed E-state index contributed by atoms with van der Waals surface area (Å²) in [5, 5.41) is 8.66. The number of rotatable bonds is 11. The van der Waals surface area contributed by atoms with Crippen molar-refractivity contribution in [3.8, 4) is 23.0 Å². The molecule has 0 aliphatic heterocycles. The number of benzene rings is 4. The Kier molecular flexibility index (Phi) is 15.3. The third kappa shape index (κ3) is 12.5. The third-order valence-electron chi connectivity index (χ3n) is 9.25. The highest BCUT2D eigenvalue weighted by Crippen LogP contribution is 2.61. The van der Waals surface area contributed by atoms with Crippen LogP contribution in [0.1, 0.15) is 38.8 Å².